The van der Waals surface area contributed by atoms with Crippen LogP contribution in [0.25, 0.3) is 0 Å². The summed E-state index contributed by atoms with van der Waals surface area (Å²) in [4.78, 5) is 16.0. The summed E-state index contributed by atoms with van der Waals surface area (Å²) in [7, 11) is 0. The van der Waals surface area contributed by atoms with Crippen LogP contribution in [0, 0.1) is 11.3 Å². The Bertz CT molecular complexity index is 678. The molecule has 1 aromatic rings. The molecule has 1 fully saturated rings. The van der Waals surface area contributed by atoms with E-state index in [2.05, 4.69) is 11.0 Å². The second-order valence-corrected chi connectivity index (χ2v) is 7.36. The summed E-state index contributed by atoms with van der Waals surface area (Å²) >= 11 is 6.33. The van der Waals surface area contributed by atoms with Crippen LogP contribution < -0.4 is 10.6 Å². The van der Waals surface area contributed by atoms with Crippen LogP contribution >= 0.6 is 11.6 Å². The van der Waals surface area contributed by atoms with E-state index in [4.69, 9.17) is 27.3 Å². The van der Waals surface area contributed by atoms with Crippen LogP contribution in [0.4, 0.5) is 16.2 Å². The first kappa shape index (κ1) is 18.2. The first-order valence-electron chi connectivity index (χ1n) is 7.86. The number of benzene rings is 1. The number of hydrogen-bond donors (Lipinski definition) is 1. The Kier molecular flexibility index (Phi) is 5.14. The number of nitrogens with zero attached hydrogens (tertiary/aromatic N) is 3. The maximum atomic E-state index is 12.2. The molecule has 0 bridgehead atoms. The summed E-state index contributed by atoms with van der Waals surface area (Å²) in [5.74, 6) is 0. The normalized spacial score (nSPS) is 18.2. The predicted octanol–water partition coefficient (Wildman–Crippen LogP) is 3.24. The molecule has 24 heavy (non-hydrogen) atoms. The third-order valence-electron chi connectivity index (χ3n) is 3.80. The molecule has 1 heterocycles. The smallest absolute Gasteiger partial charge is 0.410 e. The van der Waals surface area contributed by atoms with Crippen molar-refractivity contribution in [3.63, 3.8) is 0 Å². The molecule has 1 saturated heterocycles. The molecule has 7 heteroatoms. The lowest BCUT2D eigenvalue weighted by molar-refractivity contribution is 0.0219. The number of halogens is 1. The Hall–Kier alpha value is -2.13. The van der Waals surface area contributed by atoms with Crippen LogP contribution in [0.15, 0.2) is 12.1 Å². The fourth-order valence-electron chi connectivity index (χ4n) is 2.71. The summed E-state index contributed by atoms with van der Waals surface area (Å²) in [5, 5.41) is 9.56. The third kappa shape index (κ3) is 4.04. The highest BCUT2D eigenvalue weighted by molar-refractivity contribution is 6.35. The number of piperazine rings is 1. The van der Waals surface area contributed by atoms with Gasteiger partial charge in [-0.05, 0) is 39.8 Å². The minimum atomic E-state index is -0.518. The summed E-state index contributed by atoms with van der Waals surface area (Å²) in [6, 6.07) is 5.41. The van der Waals surface area contributed by atoms with E-state index in [0.29, 0.717) is 35.9 Å². The van der Waals surface area contributed by atoms with Gasteiger partial charge in [-0.1, -0.05) is 11.6 Å². The van der Waals surface area contributed by atoms with Crippen molar-refractivity contribution >= 4 is 29.1 Å². The molecular weight excluding hydrogens is 328 g/mol. The van der Waals surface area contributed by atoms with Crippen LogP contribution in [0.2, 0.25) is 5.02 Å². The molecule has 2 N–H and O–H groups in total. The summed E-state index contributed by atoms with van der Waals surface area (Å²) in [5.41, 5.74) is 6.96. The molecule has 130 valence electrons. The minimum absolute atomic E-state index is 0.0251. The van der Waals surface area contributed by atoms with Crippen molar-refractivity contribution < 1.29 is 9.53 Å². The molecule has 0 aliphatic carbocycles. The molecule has 1 aliphatic heterocycles. The highest BCUT2D eigenvalue weighted by Gasteiger charge is 2.31. The van der Waals surface area contributed by atoms with Gasteiger partial charge < -0.3 is 20.3 Å². The number of carbonyl (C=O) groups excluding carboxylic acids is 1. The molecule has 2 rings (SSSR count). The summed E-state index contributed by atoms with van der Waals surface area (Å²) in [6.45, 7) is 9.17. The second-order valence-electron chi connectivity index (χ2n) is 6.98. The van der Waals surface area contributed by atoms with Gasteiger partial charge >= 0.3 is 6.09 Å². The minimum Gasteiger partial charge on any atom is -0.444 e. The van der Waals surface area contributed by atoms with Crippen LogP contribution in [0.3, 0.4) is 0 Å². The molecule has 0 spiro atoms. The number of hydrogen-bond acceptors (Lipinski definition) is 5. The zero-order chi connectivity index (χ0) is 18.1. The first-order valence-corrected chi connectivity index (χ1v) is 8.24. The number of nitrogens with two attached hydrogens (primary N) is 1. The SMILES string of the molecule is C[C@H]1CN(C(=O)OC(C)(C)C)CCN1c1cc(C#N)cc(N)c1Cl. The van der Waals surface area contributed by atoms with Crippen molar-refractivity contribution in [3.8, 4) is 6.07 Å². The number of anilines is 2. The van der Waals surface area contributed by atoms with Gasteiger partial charge in [0.15, 0.2) is 0 Å². The quantitative estimate of drug-likeness (QED) is 0.786. The monoisotopic (exact) mass is 350 g/mol. The van der Waals surface area contributed by atoms with E-state index < -0.39 is 5.60 Å². The number of nitrogen functional groups attached to an aromatic ring is 1. The lowest BCUT2D eigenvalue weighted by Crippen LogP contribution is -2.54. The Morgan fingerprint density at radius 3 is 2.62 bits per heavy atom. The first-order chi connectivity index (χ1) is 11.1. The Morgan fingerprint density at radius 1 is 1.42 bits per heavy atom. The molecule has 1 atom stereocenters. The van der Waals surface area contributed by atoms with Gasteiger partial charge in [-0.2, -0.15) is 5.26 Å². The second kappa shape index (κ2) is 6.78. The lowest BCUT2D eigenvalue weighted by atomic mass is 10.1. The third-order valence-corrected chi connectivity index (χ3v) is 4.21. The fraction of sp³-hybridized carbons (Fsp3) is 0.529. The van der Waals surface area contributed by atoms with Gasteiger partial charge in [0, 0.05) is 25.7 Å². The molecule has 0 unspecified atom stereocenters. The number of nitriles is 1. The number of amides is 1. The molecule has 0 saturated carbocycles. The van der Waals surface area contributed by atoms with Crippen molar-refractivity contribution in [1.82, 2.24) is 4.90 Å². The lowest BCUT2D eigenvalue weighted by Gasteiger charge is -2.41. The van der Waals surface area contributed by atoms with E-state index in [1.807, 2.05) is 27.7 Å². The predicted molar refractivity (Wildman–Crippen MR) is 95.2 cm³/mol. The zero-order valence-corrected chi connectivity index (χ0v) is 15.2. The fourth-order valence-corrected chi connectivity index (χ4v) is 2.93. The Balaban J connectivity index is 2.16. The molecular formula is C17H23ClN4O2. The maximum Gasteiger partial charge on any atom is 0.410 e. The van der Waals surface area contributed by atoms with E-state index in [-0.39, 0.29) is 12.1 Å². The number of carbonyl (C=O) groups is 1. The van der Waals surface area contributed by atoms with Gasteiger partial charge in [0.2, 0.25) is 0 Å². The van der Waals surface area contributed by atoms with E-state index >= 15 is 0 Å². The van der Waals surface area contributed by atoms with Crippen LogP contribution in [-0.2, 0) is 4.74 Å². The highest BCUT2D eigenvalue weighted by Crippen LogP contribution is 2.34. The topological polar surface area (TPSA) is 82.6 Å². The van der Waals surface area contributed by atoms with Gasteiger partial charge in [0.05, 0.1) is 28.0 Å². The van der Waals surface area contributed by atoms with Crippen molar-refractivity contribution in [2.75, 3.05) is 30.3 Å². The number of rotatable bonds is 1. The average Bonchev–Trinajstić information content (AvgIpc) is 2.48. The van der Waals surface area contributed by atoms with E-state index in [0.717, 1.165) is 5.69 Å². The van der Waals surface area contributed by atoms with Gasteiger partial charge in [-0.15, -0.1) is 0 Å². The van der Waals surface area contributed by atoms with Crippen LogP contribution in [0.5, 0.6) is 0 Å². The number of ether oxygens (including phenoxy) is 1. The van der Waals surface area contributed by atoms with Crippen molar-refractivity contribution in [3.05, 3.63) is 22.7 Å². The van der Waals surface area contributed by atoms with Crippen LogP contribution in [0.1, 0.15) is 33.3 Å². The molecule has 1 amide bonds. The van der Waals surface area contributed by atoms with Crippen molar-refractivity contribution in [1.29, 1.82) is 5.26 Å². The molecule has 1 aliphatic rings. The molecule has 0 aromatic heterocycles. The van der Waals surface area contributed by atoms with Gasteiger partial charge in [0.1, 0.15) is 5.60 Å². The largest absolute Gasteiger partial charge is 0.444 e. The average molecular weight is 351 g/mol. The van der Waals surface area contributed by atoms with Crippen molar-refractivity contribution in [2.45, 2.75) is 39.3 Å². The van der Waals surface area contributed by atoms with Crippen LogP contribution in [-0.4, -0.2) is 42.3 Å². The Labute approximate surface area is 147 Å². The molecule has 6 nitrogen and oxygen atoms in total. The van der Waals surface area contributed by atoms with Crippen molar-refractivity contribution in [2.24, 2.45) is 0 Å². The van der Waals surface area contributed by atoms with Gasteiger partial charge in [-0.25, -0.2) is 4.79 Å². The highest BCUT2D eigenvalue weighted by atomic mass is 35.5. The standard InChI is InChI=1S/C17H23ClN4O2/c1-11-10-21(16(23)24-17(2,3)4)5-6-22(11)14-8-12(9-19)7-13(20)15(14)18/h7-8,11H,5-6,10,20H2,1-4H3/t11-/m0/s1. The van der Waals surface area contributed by atoms with E-state index in [9.17, 15) is 4.79 Å². The van der Waals surface area contributed by atoms with E-state index in [1.165, 1.54) is 0 Å². The molecule has 1 aromatic carbocycles. The van der Waals surface area contributed by atoms with E-state index in [1.54, 1.807) is 17.0 Å². The zero-order valence-electron chi connectivity index (χ0n) is 14.5. The summed E-state index contributed by atoms with van der Waals surface area (Å²) < 4.78 is 5.43. The van der Waals surface area contributed by atoms with Gasteiger partial charge in [0.25, 0.3) is 0 Å². The summed E-state index contributed by atoms with van der Waals surface area (Å²) in [6.07, 6.45) is -0.314. The van der Waals surface area contributed by atoms with Gasteiger partial charge in [-0.3, -0.25) is 0 Å². The Morgan fingerprint density at radius 2 is 2.08 bits per heavy atom. The maximum absolute atomic E-state index is 12.2. The molecule has 0 radical (unpaired) electrons.